The van der Waals surface area contributed by atoms with E-state index in [0.29, 0.717) is 11.3 Å². The van der Waals surface area contributed by atoms with Crippen molar-refractivity contribution in [3.8, 4) is 0 Å². The topological polar surface area (TPSA) is 67.5 Å². The summed E-state index contributed by atoms with van der Waals surface area (Å²) in [7, 11) is 0. The highest BCUT2D eigenvalue weighted by molar-refractivity contribution is 5.69. The third-order valence-corrected chi connectivity index (χ3v) is 1.62. The summed E-state index contributed by atoms with van der Waals surface area (Å²) in [5, 5.41) is 12.5. The zero-order valence-electron chi connectivity index (χ0n) is 6.71. The van der Waals surface area contributed by atoms with E-state index in [1.54, 1.807) is 29.0 Å². The molecule has 0 radical (unpaired) electrons. The lowest BCUT2D eigenvalue weighted by molar-refractivity contribution is -0.136. The Morgan fingerprint density at radius 1 is 1.62 bits per heavy atom. The van der Waals surface area contributed by atoms with Crippen LogP contribution in [0.15, 0.2) is 24.5 Å². The average molecular weight is 177 g/mol. The van der Waals surface area contributed by atoms with E-state index < -0.39 is 5.97 Å². The number of carbonyl (C=O) groups is 1. The first-order chi connectivity index (χ1) is 6.25. The van der Waals surface area contributed by atoms with Gasteiger partial charge < -0.3 is 5.11 Å². The molecule has 5 heteroatoms. The molecule has 2 aromatic rings. The first-order valence-electron chi connectivity index (χ1n) is 3.77. The van der Waals surface area contributed by atoms with Gasteiger partial charge in [0.15, 0.2) is 5.65 Å². The highest BCUT2D eigenvalue weighted by Crippen LogP contribution is 2.02. The number of imidazole rings is 1. The van der Waals surface area contributed by atoms with E-state index in [1.165, 1.54) is 0 Å². The van der Waals surface area contributed by atoms with E-state index in [-0.39, 0.29) is 6.42 Å². The Labute approximate surface area is 73.6 Å². The van der Waals surface area contributed by atoms with Crippen LogP contribution in [-0.2, 0) is 11.2 Å². The first kappa shape index (κ1) is 7.72. The monoisotopic (exact) mass is 177 g/mol. The van der Waals surface area contributed by atoms with Crippen LogP contribution in [0.1, 0.15) is 5.69 Å². The molecule has 0 unspecified atom stereocenters. The average Bonchev–Trinajstić information content (AvgIpc) is 2.44. The van der Waals surface area contributed by atoms with Gasteiger partial charge in [0, 0.05) is 6.20 Å². The maximum absolute atomic E-state index is 10.4. The molecule has 2 aromatic heterocycles. The fraction of sp³-hybridized carbons (Fsp3) is 0.125. The van der Waals surface area contributed by atoms with Gasteiger partial charge >= 0.3 is 5.97 Å². The van der Waals surface area contributed by atoms with Crippen molar-refractivity contribution in [1.29, 1.82) is 0 Å². The fourth-order valence-electron chi connectivity index (χ4n) is 1.12. The van der Waals surface area contributed by atoms with Gasteiger partial charge in [-0.2, -0.15) is 5.10 Å². The first-order valence-corrected chi connectivity index (χ1v) is 3.77. The lowest BCUT2D eigenvalue weighted by Gasteiger charge is -1.85. The fourth-order valence-corrected chi connectivity index (χ4v) is 1.12. The van der Waals surface area contributed by atoms with Crippen molar-refractivity contribution < 1.29 is 9.90 Å². The van der Waals surface area contributed by atoms with Crippen LogP contribution in [-0.4, -0.2) is 25.7 Å². The van der Waals surface area contributed by atoms with Gasteiger partial charge in [-0.25, -0.2) is 9.50 Å². The van der Waals surface area contributed by atoms with Crippen molar-refractivity contribution >= 4 is 11.6 Å². The Morgan fingerprint density at radius 2 is 2.46 bits per heavy atom. The van der Waals surface area contributed by atoms with Crippen molar-refractivity contribution in [1.82, 2.24) is 14.6 Å². The zero-order valence-corrected chi connectivity index (χ0v) is 6.71. The van der Waals surface area contributed by atoms with Crippen LogP contribution < -0.4 is 0 Å². The van der Waals surface area contributed by atoms with E-state index in [4.69, 9.17) is 5.11 Å². The second kappa shape index (κ2) is 2.85. The van der Waals surface area contributed by atoms with Crippen LogP contribution in [0.4, 0.5) is 0 Å². The molecule has 13 heavy (non-hydrogen) atoms. The molecule has 0 saturated heterocycles. The minimum Gasteiger partial charge on any atom is -0.481 e. The van der Waals surface area contributed by atoms with Crippen LogP contribution >= 0.6 is 0 Å². The molecular formula is C8H7N3O2. The summed E-state index contributed by atoms with van der Waals surface area (Å²) in [6, 6.07) is 3.53. The molecule has 0 amide bonds. The molecule has 2 rings (SSSR count). The SMILES string of the molecule is O=C(O)Cc1cn2ncccc2n1. The van der Waals surface area contributed by atoms with Gasteiger partial charge in [0.25, 0.3) is 0 Å². The summed E-state index contributed by atoms with van der Waals surface area (Å²) in [6.07, 6.45) is 3.17. The Morgan fingerprint density at radius 3 is 3.15 bits per heavy atom. The Balaban J connectivity index is 2.44. The number of carboxylic acids is 1. The van der Waals surface area contributed by atoms with Crippen LogP contribution in [0.3, 0.4) is 0 Å². The Bertz CT molecular complexity index is 416. The quantitative estimate of drug-likeness (QED) is 0.719. The molecule has 0 aliphatic carbocycles. The summed E-state index contributed by atoms with van der Waals surface area (Å²) in [5.74, 6) is -0.886. The molecule has 0 aromatic carbocycles. The molecule has 66 valence electrons. The molecule has 0 saturated carbocycles. The zero-order chi connectivity index (χ0) is 9.26. The molecule has 2 heterocycles. The van der Waals surface area contributed by atoms with E-state index in [9.17, 15) is 4.79 Å². The highest BCUT2D eigenvalue weighted by atomic mass is 16.4. The third kappa shape index (κ3) is 1.48. The number of hydrogen-bond acceptors (Lipinski definition) is 3. The lowest BCUT2D eigenvalue weighted by atomic mass is 10.3. The number of aromatic nitrogens is 3. The highest BCUT2D eigenvalue weighted by Gasteiger charge is 2.05. The van der Waals surface area contributed by atoms with Crippen LogP contribution in [0.2, 0.25) is 0 Å². The standard InChI is InChI=1S/C8H7N3O2/c12-8(13)4-6-5-11-7(10-6)2-1-3-9-11/h1-3,5H,4H2,(H,12,13). The minimum atomic E-state index is -0.886. The molecule has 0 fully saturated rings. The third-order valence-electron chi connectivity index (χ3n) is 1.62. The largest absolute Gasteiger partial charge is 0.481 e. The van der Waals surface area contributed by atoms with E-state index in [1.807, 2.05) is 0 Å². The predicted molar refractivity (Wildman–Crippen MR) is 44.3 cm³/mol. The summed E-state index contributed by atoms with van der Waals surface area (Å²) in [5.41, 5.74) is 1.19. The van der Waals surface area contributed by atoms with Crippen molar-refractivity contribution in [3.05, 3.63) is 30.2 Å². The van der Waals surface area contributed by atoms with Crippen LogP contribution in [0.5, 0.6) is 0 Å². The summed E-state index contributed by atoms with van der Waals surface area (Å²) < 4.78 is 1.55. The number of hydrogen-bond donors (Lipinski definition) is 1. The summed E-state index contributed by atoms with van der Waals surface area (Å²) >= 11 is 0. The molecule has 0 atom stereocenters. The van der Waals surface area contributed by atoms with E-state index in [0.717, 1.165) is 0 Å². The van der Waals surface area contributed by atoms with Crippen LogP contribution in [0.25, 0.3) is 5.65 Å². The van der Waals surface area contributed by atoms with Gasteiger partial charge in [-0.3, -0.25) is 4.79 Å². The van der Waals surface area contributed by atoms with Gasteiger partial charge in [-0.15, -0.1) is 0 Å². The van der Waals surface area contributed by atoms with Crippen molar-refractivity contribution in [2.24, 2.45) is 0 Å². The predicted octanol–water partition coefficient (Wildman–Crippen LogP) is 0.356. The van der Waals surface area contributed by atoms with Gasteiger partial charge in [0.1, 0.15) is 0 Å². The van der Waals surface area contributed by atoms with Gasteiger partial charge in [-0.1, -0.05) is 0 Å². The number of rotatable bonds is 2. The molecular weight excluding hydrogens is 170 g/mol. The van der Waals surface area contributed by atoms with E-state index in [2.05, 4.69) is 10.1 Å². The Hall–Kier alpha value is -1.91. The van der Waals surface area contributed by atoms with Gasteiger partial charge in [0.05, 0.1) is 18.3 Å². The maximum Gasteiger partial charge on any atom is 0.309 e. The van der Waals surface area contributed by atoms with Crippen molar-refractivity contribution in [2.45, 2.75) is 6.42 Å². The van der Waals surface area contributed by atoms with Crippen molar-refractivity contribution in [3.63, 3.8) is 0 Å². The summed E-state index contributed by atoms with van der Waals surface area (Å²) in [4.78, 5) is 14.4. The Kier molecular flexibility index (Phi) is 1.70. The van der Waals surface area contributed by atoms with Gasteiger partial charge in [0.2, 0.25) is 0 Å². The normalized spacial score (nSPS) is 10.5. The maximum atomic E-state index is 10.4. The number of nitrogens with zero attached hydrogens (tertiary/aromatic N) is 3. The molecule has 0 aliphatic rings. The second-order valence-corrected chi connectivity index (χ2v) is 2.63. The molecule has 5 nitrogen and oxygen atoms in total. The van der Waals surface area contributed by atoms with Crippen molar-refractivity contribution in [2.75, 3.05) is 0 Å². The summed E-state index contributed by atoms with van der Waals surface area (Å²) in [6.45, 7) is 0. The second-order valence-electron chi connectivity index (χ2n) is 2.63. The number of carboxylic acid groups (broad SMARTS) is 1. The molecule has 0 bridgehead atoms. The minimum absolute atomic E-state index is 0.0661. The van der Waals surface area contributed by atoms with Gasteiger partial charge in [-0.05, 0) is 12.1 Å². The molecule has 0 aliphatic heterocycles. The number of fused-ring (bicyclic) bond motifs is 1. The smallest absolute Gasteiger partial charge is 0.309 e. The number of aliphatic carboxylic acids is 1. The molecule has 0 spiro atoms. The lowest BCUT2D eigenvalue weighted by Crippen LogP contribution is -1.99. The van der Waals surface area contributed by atoms with Crippen LogP contribution in [0, 0.1) is 0 Å². The van der Waals surface area contributed by atoms with E-state index >= 15 is 0 Å². The molecule has 1 N–H and O–H groups in total.